The van der Waals surface area contributed by atoms with E-state index in [2.05, 4.69) is 24.8 Å². The maximum absolute atomic E-state index is 6.21. The lowest BCUT2D eigenvalue weighted by Crippen LogP contribution is -2.43. The van der Waals surface area contributed by atoms with Crippen molar-refractivity contribution in [2.75, 3.05) is 13.1 Å². The summed E-state index contributed by atoms with van der Waals surface area (Å²) in [5.41, 5.74) is 7.36. The van der Waals surface area contributed by atoms with Crippen molar-refractivity contribution in [1.82, 2.24) is 4.90 Å². The largest absolute Gasteiger partial charge is 0.488 e. The predicted octanol–water partition coefficient (Wildman–Crippen LogP) is 3.17. The molecule has 0 aromatic heterocycles. The molecule has 1 saturated heterocycles. The van der Waals surface area contributed by atoms with Gasteiger partial charge < -0.3 is 15.4 Å². The van der Waals surface area contributed by atoms with E-state index < -0.39 is 0 Å². The standard InChI is InChI=1S/C16H23N3O.HI/c1-11-7-9-19(10-8-11)16(17)18-15-12(2)20-14-6-4-3-5-13(14)15;/h3-6,11-12,15H,7-10H2,1-2H3,(H2,17,18);1H. The van der Waals surface area contributed by atoms with E-state index in [-0.39, 0.29) is 36.1 Å². The van der Waals surface area contributed by atoms with Crippen LogP contribution in [0.3, 0.4) is 0 Å². The smallest absolute Gasteiger partial charge is 0.192 e. The number of nitrogens with zero attached hydrogens (tertiary/aromatic N) is 2. The van der Waals surface area contributed by atoms with E-state index in [0.29, 0.717) is 5.96 Å². The molecule has 0 bridgehead atoms. The van der Waals surface area contributed by atoms with Crippen LogP contribution in [0.25, 0.3) is 0 Å². The van der Waals surface area contributed by atoms with E-state index in [1.165, 1.54) is 12.8 Å². The average molecular weight is 401 g/mol. The molecule has 2 aliphatic rings. The van der Waals surface area contributed by atoms with Crippen LogP contribution in [0.5, 0.6) is 5.75 Å². The zero-order valence-corrected chi connectivity index (χ0v) is 15.0. The van der Waals surface area contributed by atoms with Crippen LogP contribution in [0.2, 0.25) is 0 Å². The van der Waals surface area contributed by atoms with Crippen molar-refractivity contribution in [3.63, 3.8) is 0 Å². The zero-order chi connectivity index (χ0) is 14.1. The first-order valence-electron chi connectivity index (χ1n) is 7.49. The molecule has 0 spiro atoms. The quantitative estimate of drug-likeness (QED) is 0.447. The van der Waals surface area contributed by atoms with Gasteiger partial charge in [-0.15, -0.1) is 24.0 Å². The highest BCUT2D eigenvalue weighted by atomic mass is 127. The second-order valence-corrected chi connectivity index (χ2v) is 5.96. The topological polar surface area (TPSA) is 50.8 Å². The van der Waals surface area contributed by atoms with Gasteiger partial charge in [-0.3, -0.25) is 0 Å². The lowest BCUT2D eigenvalue weighted by Gasteiger charge is -2.31. The van der Waals surface area contributed by atoms with Gasteiger partial charge in [0.25, 0.3) is 0 Å². The molecule has 4 nitrogen and oxygen atoms in total. The van der Waals surface area contributed by atoms with Crippen LogP contribution < -0.4 is 10.5 Å². The minimum atomic E-state index is 0. The Balaban J connectivity index is 0.00000161. The van der Waals surface area contributed by atoms with E-state index in [1.807, 2.05) is 18.2 Å². The molecule has 0 radical (unpaired) electrons. The number of nitrogens with two attached hydrogens (primary N) is 1. The highest BCUT2D eigenvalue weighted by Gasteiger charge is 2.31. The summed E-state index contributed by atoms with van der Waals surface area (Å²) in [7, 11) is 0. The average Bonchev–Trinajstić information content (AvgIpc) is 2.76. The third kappa shape index (κ3) is 3.44. The van der Waals surface area contributed by atoms with Crippen LogP contribution in [0.4, 0.5) is 0 Å². The van der Waals surface area contributed by atoms with Gasteiger partial charge in [0.2, 0.25) is 0 Å². The van der Waals surface area contributed by atoms with Gasteiger partial charge in [0, 0.05) is 18.7 Å². The number of piperidine rings is 1. The number of fused-ring (bicyclic) bond motifs is 1. The number of ether oxygens (including phenoxy) is 1. The molecule has 1 aromatic rings. The summed E-state index contributed by atoms with van der Waals surface area (Å²) in [6.45, 7) is 6.38. The summed E-state index contributed by atoms with van der Waals surface area (Å²) in [5, 5.41) is 0. The van der Waals surface area contributed by atoms with Crippen molar-refractivity contribution in [2.24, 2.45) is 16.6 Å². The van der Waals surface area contributed by atoms with E-state index in [4.69, 9.17) is 15.5 Å². The number of likely N-dealkylation sites (tertiary alicyclic amines) is 1. The molecular weight excluding hydrogens is 377 g/mol. The Morgan fingerprint density at radius 3 is 2.62 bits per heavy atom. The molecule has 21 heavy (non-hydrogen) atoms. The molecule has 2 aliphatic heterocycles. The Bertz CT molecular complexity index is 512. The lowest BCUT2D eigenvalue weighted by atomic mass is 9.99. The summed E-state index contributed by atoms with van der Waals surface area (Å²) < 4.78 is 5.84. The second kappa shape index (κ2) is 6.85. The van der Waals surface area contributed by atoms with Gasteiger partial charge >= 0.3 is 0 Å². The molecule has 2 N–H and O–H groups in total. The molecule has 116 valence electrons. The first kappa shape index (κ1) is 16.4. The minimum absolute atomic E-state index is 0. The highest BCUT2D eigenvalue weighted by Crippen LogP contribution is 2.38. The summed E-state index contributed by atoms with van der Waals surface area (Å²) in [4.78, 5) is 6.94. The van der Waals surface area contributed by atoms with Crippen LogP contribution >= 0.6 is 24.0 Å². The summed E-state index contributed by atoms with van der Waals surface area (Å²) in [6.07, 6.45) is 2.45. The molecule has 3 rings (SSSR count). The Labute approximate surface area is 143 Å². The molecule has 1 fully saturated rings. The summed E-state index contributed by atoms with van der Waals surface area (Å²) in [5.74, 6) is 2.40. The monoisotopic (exact) mass is 401 g/mol. The number of para-hydroxylation sites is 1. The van der Waals surface area contributed by atoms with Crippen LogP contribution in [0.1, 0.15) is 38.3 Å². The Hall–Kier alpha value is -0.980. The second-order valence-electron chi connectivity index (χ2n) is 5.96. The summed E-state index contributed by atoms with van der Waals surface area (Å²) >= 11 is 0. The van der Waals surface area contributed by atoms with Gasteiger partial charge in [0.1, 0.15) is 17.9 Å². The number of guanidine groups is 1. The Morgan fingerprint density at radius 1 is 1.24 bits per heavy atom. The van der Waals surface area contributed by atoms with Crippen LogP contribution in [-0.2, 0) is 0 Å². The Morgan fingerprint density at radius 2 is 1.90 bits per heavy atom. The van der Waals surface area contributed by atoms with Gasteiger partial charge in [0.05, 0.1) is 0 Å². The number of hydrogen-bond donors (Lipinski definition) is 1. The van der Waals surface area contributed by atoms with E-state index in [9.17, 15) is 0 Å². The van der Waals surface area contributed by atoms with Gasteiger partial charge in [0.15, 0.2) is 5.96 Å². The van der Waals surface area contributed by atoms with Crippen molar-refractivity contribution in [2.45, 2.75) is 38.8 Å². The highest BCUT2D eigenvalue weighted by molar-refractivity contribution is 14.0. The third-order valence-electron chi connectivity index (χ3n) is 4.37. The van der Waals surface area contributed by atoms with Crippen molar-refractivity contribution >= 4 is 29.9 Å². The molecule has 0 saturated carbocycles. The number of aliphatic imine (C=N–C) groups is 1. The molecule has 1 aromatic carbocycles. The number of hydrogen-bond acceptors (Lipinski definition) is 2. The van der Waals surface area contributed by atoms with Gasteiger partial charge in [-0.25, -0.2) is 4.99 Å². The molecule has 2 unspecified atom stereocenters. The summed E-state index contributed by atoms with van der Waals surface area (Å²) in [6, 6.07) is 8.12. The molecule has 2 atom stereocenters. The Kier molecular flexibility index (Phi) is 5.35. The van der Waals surface area contributed by atoms with Crippen molar-refractivity contribution in [3.05, 3.63) is 29.8 Å². The fourth-order valence-electron chi connectivity index (χ4n) is 2.99. The van der Waals surface area contributed by atoms with Crippen molar-refractivity contribution in [1.29, 1.82) is 0 Å². The predicted molar refractivity (Wildman–Crippen MR) is 96.3 cm³/mol. The van der Waals surface area contributed by atoms with E-state index >= 15 is 0 Å². The molecule has 5 heteroatoms. The fourth-order valence-corrected chi connectivity index (χ4v) is 2.99. The lowest BCUT2D eigenvalue weighted by molar-refractivity contribution is 0.226. The molecule has 2 heterocycles. The number of rotatable bonds is 1. The zero-order valence-electron chi connectivity index (χ0n) is 12.7. The van der Waals surface area contributed by atoms with Crippen molar-refractivity contribution < 1.29 is 4.74 Å². The minimum Gasteiger partial charge on any atom is -0.488 e. The SMILES string of the molecule is CC1CCN(C(N)=NC2c3ccccc3OC2C)CC1.I. The number of halogens is 1. The number of benzene rings is 1. The first-order chi connectivity index (χ1) is 9.65. The molecule has 0 aliphatic carbocycles. The fraction of sp³-hybridized carbons (Fsp3) is 0.562. The van der Waals surface area contributed by atoms with Crippen LogP contribution in [0, 0.1) is 5.92 Å². The normalized spacial score (nSPS) is 26.0. The first-order valence-corrected chi connectivity index (χ1v) is 7.49. The van der Waals surface area contributed by atoms with Crippen LogP contribution in [0.15, 0.2) is 29.3 Å². The van der Waals surface area contributed by atoms with Crippen LogP contribution in [-0.4, -0.2) is 30.1 Å². The molecular formula is C16H24IN3O. The molecule has 0 amide bonds. The maximum atomic E-state index is 6.21. The third-order valence-corrected chi connectivity index (χ3v) is 4.37. The van der Waals surface area contributed by atoms with E-state index in [0.717, 1.165) is 30.3 Å². The van der Waals surface area contributed by atoms with Crippen molar-refractivity contribution in [3.8, 4) is 5.75 Å². The maximum Gasteiger partial charge on any atom is 0.192 e. The van der Waals surface area contributed by atoms with Gasteiger partial charge in [-0.1, -0.05) is 25.1 Å². The van der Waals surface area contributed by atoms with Gasteiger partial charge in [-0.05, 0) is 31.7 Å². The van der Waals surface area contributed by atoms with Gasteiger partial charge in [-0.2, -0.15) is 0 Å². The van der Waals surface area contributed by atoms with E-state index in [1.54, 1.807) is 0 Å².